The lowest BCUT2D eigenvalue weighted by molar-refractivity contribution is -0.120. The van der Waals surface area contributed by atoms with E-state index in [2.05, 4.69) is 4.98 Å². The van der Waals surface area contributed by atoms with Gasteiger partial charge in [-0.05, 0) is 42.0 Å². The predicted octanol–water partition coefficient (Wildman–Crippen LogP) is 4.16. The van der Waals surface area contributed by atoms with Crippen molar-refractivity contribution in [3.05, 3.63) is 106 Å². The minimum Gasteiger partial charge on any atom is -0.507 e. The van der Waals surface area contributed by atoms with E-state index in [1.54, 1.807) is 60.8 Å². The Hall–Kier alpha value is -4.39. The number of aromatic nitrogens is 1. The summed E-state index contributed by atoms with van der Waals surface area (Å²) >= 11 is 0. The van der Waals surface area contributed by atoms with E-state index in [1.807, 2.05) is 0 Å². The summed E-state index contributed by atoms with van der Waals surface area (Å²) in [6.07, 6.45) is 4.47. The number of aliphatic hydroxyl groups is 1. The summed E-state index contributed by atoms with van der Waals surface area (Å²) in [5, 5.41) is 22.1. The third-order valence-corrected chi connectivity index (χ3v) is 4.84. The average molecular weight is 415 g/mol. The van der Waals surface area contributed by atoms with E-state index in [1.165, 1.54) is 18.3 Å². The van der Waals surface area contributed by atoms with Crippen molar-refractivity contribution in [1.82, 2.24) is 4.98 Å². The van der Waals surface area contributed by atoms with Gasteiger partial charge in [0.1, 0.15) is 22.8 Å². The zero-order chi connectivity index (χ0) is 21.8. The van der Waals surface area contributed by atoms with Gasteiger partial charge >= 0.3 is 5.63 Å². The highest BCUT2D eigenvalue weighted by Gasteiger charge is 2.25. The number of carbonyl (C=O) groups excluding carboxylic acids is 1. The number of para-hydroxylation sites is 2. The largest absolute Gasteiger partial charge is 0.507 e. The maximum atomic E-state index is 12.8. The molecule has 0 spiro atoms. The Morgan fingerprint density at radius 3 is 2.61 bits per heavy atom. The van der Waals surface area contributed by atoms with Crippen molar-refractivity contribution in [2.24, 2.45) is 0 Å². The molecule has 1 atom stereocenters. The van der Waals surface area contributed by atoms with Crippen molar-refractivity contribution in [3.8, 4) is 11.5 Å². The van der Waals surface area contributed by atoms with Gasteiger partial charge < -0.3 is 19.4 Å². The Morgan fingerprint density at radius 1 is 1.06 bits per heavy atom. The predicted molar refractivity (Wildman–Crippen MR) is 114 cm³/mol. The van der Waals surface area contributed by atoms with Crippen LogP contribution in [0, 0.1) is 0 Å². The van der Waals surface area contributed by atoms with Crippen LogP contribution in [0.2, 0.25) is 0 Å². The van der Waals surface area contributed by atoms with Gasteiger partial charge in [0.2, 0.25) is 0 Å². The maximum Gasteiger partial charge on any atom is 0.344 e. The molecule has 0 aliphatic heterocycles. The van der Waals surface area contributed by atoms with Crippen LogP contribution in [0.1, 0.15) is 22.6 Å². The summed E-state index contributed by atoms with van der Waals surface area (Å²) in [5.41, 5.74) is 0.240. The number of hydrogen-bond acceptors (Lipinski definition) is 7. The molecule has 2 aromatic carbocycles. The summed E-state index contributed by atoms with van der Waals surface area (Å²) in [4.78, 5) is 27.7. The fourth-order valence-electron chi connectivity index (χ4n) is 3.41. The highest BCUT2D eigenvalue weighted by atomic mass is 16.5. The molecular weight excluding hydrogens is 398 g/mol. The van der Waals surface area contributed by atoms with Crippen LogP contribution in [0.25, 0.3) is 16.7 Å². The minimum atomic E-state index is -0.890. The van der Waals surface area contributed by atoms with Crippen LogP contribution in [0.5, 0.6) is 11.5 Å². The Labute approximate surface area is 176 Å². The number of rotatable bonds is 6. The van der Waals surface area contributed by atoms with Crippen LogP contribution >= 0.6 is 0 Å². The molecule has 2 heterocycles. The smallest absolute Gasteiger partial charge is 0.344 e. The Balaban J connectivity index is 1.94. The molecule has 2 aromatic heterocycles. The molecule has 0 amide bonds. The van der Waals surface area contributed by atoms with Crippen molar-refractivity contribution in [2.45, 2.75) is 5.92 Å². The number of benzene rings is 2. The molecule has 0 fully saturated rings. The Morgan fingerprint density at radius 2 is 1.84 bits per heavy atom. The van der Waals surface area contributed by atoms with Crippen molar-refractivity contribution in [2.75, 3.05) is 0 Å². The number of allylic oxidation sites excluding steroid dienone is 1. The van der Waals surface area contributed by atoms with Gasteiger partial charge in [-0.1, -0.05) is 30.3 Å². The van der Waals surface area contributed by atoms with Gasteiger partial charge in [-0.15, -0.1) is 0 Å². The number of hydrogen-bond donors (Lipinski definition) is 2. The summed E-state index contributed by atoms with van der Waals surface area (Å²) < 4.78 is 10.3. The van der Waals surface area contributed by atoms with Crippen LogP contribution in [-0.2, 0) is 4.79 Å². The van der Waals surface area contributed by atoms with E-state index in [-0.39, 0.29) is 40.4 Å². The molecule has 31 heavy (non-hydrogen) atoms. The van der Waals surface area contributed by atoms with Gasteiger partial charge in [0.25, 0.3) is 6.47 Å². The highest BCUT2D eigenvalue weighted by Crippen LogP contribution is 2.36. The third-order valence-electron chi connectivity index (χ3n) is 4.84. The molecule has 2 N–H and O–H groups in total. The second-order valence-corrected chi connectivity index (χ2v) is 6.67. The number of aromatic hydroxyl groups is 1. The summed E-state index contributed by atoms with van der Waals surface area (Å²) in [7, 11) is 0. The van der Waals surface area contributed by atoms with Crippen LogP contribution in [0.15, 0.2) is 88.3 Å². The lowest BCUT2D eigenvalue weighted by Gasteiger charge is -2.16. The van der Waals surface area contributed by atoms with Gasteiger partial charge in [0, 0.05) is 18.3 Å². The first-order valence-corrected chi connectivity index (χ1v) is 9.35. The molecule has 0 bridgehead atoms. The fraction of sp³-hybridized carbons (Fsp3) is 0.0417. The minimum absolute atomic E-state index is 0.0490. The third kappa shape index (κ3) is 3.89. The maximum absolute atomic E-state index is 12.8. The van der Waals surface area contributed by atoms with E-state index in [9.17, 15) is 19.8 Å². The fourth-order valence-corrected chi connectivity index (χ4v) is 3.41. The Bertz CT molecular complexity index is 1330. The second kappa shape index (κ2) is 8.54. The van der Waals surface area contributed by atoms with E-state index < -0.39 is 11.5 Å². The molecule has 0 saturated carbocycles. The lowest BCUT2D eigenvalue weighted by Crippen LogP contribution is -2.13. The molecule has 7 nitrogen and oxygen atoms in total. The zero-order valence-electron chi connectivity index (χ0n) is 16.1. The average Bonchev–Trinajstić information content (AvgIpc) is 2.79. The highest BCUT2D eigenvalue weighted by molar-refractivity contribution is 5.84. The first kappa shape index (κ1) is 19.9. The molecule has 4 rings (SSSR count). The molecule has 0 radical (unpaired) electrons. The van der Waals surface area contributed by atoms with E-state index >= 15 is 0 Å². The van der Waals surface area contributed by atoms with Crippen LogP contribution < -0.4 is 10.4 Å². The van der Waals surface area contributed by atoms with Crippen molar-refractivity contribution in [1.29, 1.82) is 0 Å². The molecule has 7 heteroatoms. The number of pyridine rings is 1. The van der Waals surface area contributed by atoms with Crippen molar-refractivity contribution >= 4 is 23.2 Å². The topological polar surface area (TPSA) is 110 Å². The monoisotopic (exact) mass is 415 g/mol. The van der Waals surface area contributed by atoms with Gasteiger partial charge in [-0.3, -0.25) is 9.78 Å². The van der Waals surface area contributed by atoms with E-state index in [4.69, 9.17) is 9.15 Å². The first-order chi connectivity index (χ1) is 15.1. The summed E-state index contributed by atoms with van der Waals surface area (Å²) in [6.45, 7) is 0.258. The van der Waals surface area contributed by atoms with Gasteiger partial charge in [0.15, 0.2) is 0 Å². The lowest BCUT2D eigenvalue weighted by atomic mass is 9.90. The molecule has 0 saturated heterocycles. The number of nitrogens with zero attached hydrogens (tertiary/aromatic N) is 1. The Kier molecular flexibility index (Phi) is 5.49. The normalized spacial score (nSPS) is 12.5. The molecule has 4 aromatic rings. The van der Waals surface area contributed by atoms with Gasteiger partial charge in [-0.25, -0.2) is 4.79 Å². The summed E-state index contributed by atoms with van der Waals surface area (Å²) in [5.74, 6) is -1.25. The van der Waals surface area contributed by atoms with Crippen LogP contribution in [0.3, 0.4) is 0 Å². The number of fused-ring (bicyclic) bond motifs is 1. The van der Waals surface area contributed by atoms with Crippen molar-refractivity contribution in [3.63, 3.8) is 0 Å². The quantitative estimate of drug-likeness (QED) is 0.276. The number of ether oxygens (including phenoxy) is 1. The van der Waals surface area contributed by atoms with Crippen LogP contribution in [-0.4, -0.2) is 21.7 Å². The van der Waals surface area contributed by atoms with Gasteiger partial charge in [-0.2, -0.15) is 0 Å². The molecule has 1 unspecified atom stereocenters. The first-order valence-electron chi connectivity index (χ1n) is 9.35. The standard InChI is InChI=1S/C24H17NO6/c26-14-30-20-9-3-1-7-16(20)19(27)12-18(15-6-5-11-25-13-15)22-23(28)17-8-2-4-10-21(17)31-24(22)29/h1-14,18,27-28H/b19-12-. The SMILES string of the molecule is O=COc1ccccc1/C(O)=C/C(c1cccnc1)c1c(O)c2ccccc2oc1=O. The molecule has 154 valence electrons. The van der Waals surface area contributed by atoms with E-state index in [0.29, 0.717) is 10.9 Å². The molecular formula is C24H17NO6. The summed E-state index contributed by atoms with van der Waals surface area (Å²) in [6, 6.07) is 16.4. The molecule has 0 aliphatic rings. The zero-order valence-corrected chi connectivity index (χ0v) is 16.1. The number of carbonyl (C=O) groups is 1. The van der Waals surface area contributed by atoms with Crippen LogP contribution in [0.4, 0.5) is 0 Å². The molecule has 0 aliphatic carbocycles. The van der Waals surface area contributed by atoms with E-state index in [0.717, 1.165) is 0 Å². The second-order valence-electron chi connectivity index (χ2n) is 6.67. The number of aliphatic hydroxyl groups excluding tert-OH is 1. The van der Waals surface area contributed by atoms with Gasteiger partial charge in [0.05, 0.1) is 16.5 Å². The van der Waals surface area contributed by atoms with Crippen molar-refractivity contribution < 1.29 is 24.2 Å².